The summed E-state index contributed by atoms with van der Waals surface area (Å²) in [5.41, 5.74) is 14.2. The van der Waals surface area contributed by atoms with Crippen LogP contribution in [0.15, 0.2) is 30.3 Å². The summed E-state index contributed by atoms with van der Waals surface area (Å²) < 4.78 is 5.47. The summed E-state index contributed by atoms with van der Waals surface area (Å²) >= 11 is 0. The first-order valence-corrected chi connectivity index (χ1v) is 9.61. The Morgan fingerprint density at radius 2 is 1.85 bits per heavy atom. The molecule has 4 rings (SSSR count). The second-order valence-corrected chi connectivity index (χ2v) is 7.51. The maximum Gasteiger partial charge on any atom is 0.222 e. The van der Waals surface area contributed by atoms with E-state index in [2.05, 4.69) is 38.0 Å². The number of nitrogens with two attached hydrogens (primary N) is 2. The van der Waals surface area contributed by atoms with E-state index in [1.165, 1.54) is 5.56 Å². The van der Waals surface area contributed by atoms with E-state index in [4.69, 9.17) is 16.2 Å². The topological polar surface area (TPSA) is 93.5 Å². The van der Waals surface area contributed by atoms with E-state index in [9.17, 15) is 0 Å². The first-order valence-electron chi connectivity index (χ1n) is 9.61. The second-order valence-electron chi connectivity index (χ2n) is 7.51. The number of para-hydroxylation sites is 1. The molecule has 1 aromatic heterocycles. The molecule has 1 aromatic carbocycles. The summed E-state index contributed by atoms with van der Waals surface area (Å²) in [5.74, 6) is 2.68. The molecular weight excluding hydrogens is 340 g/mol. The van der Waals surface area contributed by atoms with E-state index in [1.54, 1.807) is 7.11 Å². The highest BCUT2D eigenvalue weighted by Gasteiger charge is 2.30. The number of aromatic nitrogens is 2. The molecule has 144 valence electrons. The third-order valence-corrected chi connectivity index (χ3v) is 5.63. The molecule has 0 spiro atoms. The van der Waals surface area contributed by atoms with Crippen molar-refractivity contribution in [1.29, 1.82) is 0 Å². The molecular formula is C20H28N6O. The van der Waals surface area contributed by atoms with Gasteiger partial charge in [-0.2, -0.15) is 4.98 Å². The molecule has 0 amide bonds. The third-order valence-electron chi connectivity index (χ3n) is 5.63. The van der Waals surface area contributed by atoms with Crippen LogP contribution in [0.5, 0.6) is 5.75 Å². The van der Waals surface area contributed by atoms with Gasteiger partial charge in [-0.05, 0) is 18.9 Å². The molecule has 0 unspecified atom stereocenters. The quantitative estimate of drug-likeness (QED) is 0.828. The molecule has 1 saturated carbocycles. The van der Waals surface area contributed by atoms with E-state index in [1.807, 2.05) is 12.1 Å². The van der Waals surface area contributed by atoms with Gasteiger partial charge < -0.3 is 21.1 Å². The van der Waals surface area contributed by atoms with E-state index < -0.39 is 0 Å². The summed E-state index contributed by atoms with van der Waals surface area (Å²) in [4.78, 5) is 13.7. The van der Waals surface area contributed by atoms with Crippen molar-refractivity contribution < 1.29 is 4.74 Å². The fourth-order valence-corrected chi connectivity index (χ4v) is 3.96. The van der Waals surface area contributed by atoms with Gasteiger partial charge in [0.15, 0.2) is 0 Å². The van der Waals surface area contributed by atoms with Crippen molar-refractivity contribution in [3.8, 4) is 5.75 Å². The number of nitrogen functional groups attached to an aromatic ring is 1. The molecule has 2 fully saturated rings. The van der Waals surface area contributed by atoms with Crippen molar-refractivity contribution >= 4 is 11.8 Å². The second kappa shape index (κ2) is 7.70. The van der Waals surface area contributed by atoms with Crippen LogP contribution in [0.4, 0.5) is 11.8 Å². The van der Waals surface area contributed by atoms with E-state index in [0.29, 0.717) is 17.9 Å². The molecule has 1 aliphatic carbocycles. The Balaban J connectivity index is 1.39. The van der Waals surface area contributed by atoms with E-state index in [0.717, 1.165) is 62.8 Å². The molecule has 0 atom stereocenters. The Bertz CT molecular complexity index is 784. The highest BCUT2D eigenvalue weighted by molar-refractivity contribution is 5.45. The number of piperazine rings is 1. The zero-order valence-corrected chi connectivity index (χ0v) is 15.8. The largest absolute Gasteiger partial charge is 0.496 e. The molecule has 27 heavy (non-hydrogen) atoms. The summed E-state index contributed by atoms with van der Waals surface area (Å²) in [5, 5.41) is 0. The standard InChI is InChI=1S/C20H28N6O/c1-27-18-5-3-2-4-14(18)13-25-6-8-26(9-7-25)19-12-17(23-20(22)24-19)15-10-16(21)11-15/h2-5,12,15-16H,6-11,13,21H2,1H3,(H2,22,23,24). The fourth-order valence-electron chi connectivity index (χ4n) is 3.96. The van der Waals surface area contributed by atoms with Crippen molar-refractivity contribution in [1.82, 2.24) is 14.9 Å². The lowest BCUT2D eigenvalue weighted by Gasteiger charge is -2.36. The smallest absolute Gasteiger partial charge is 0.222 e. The zero-order valence-electron chi connectivity index (χ0n) is 15.8. The summed E-state index contributed by atoms with van der Waals surface area (Å²) in [6, 6.07) is 10.6. The average Bonchev–Trinajstić information content (AvgIpc) is 2.66. The van der Waals surface area contributed by atoms with Crippen LogP contribution in [0.25, 0.3) is 0 Å². The SMILES string of the molecule is COc1ccccc1CN1CCN(c2cc(C3CC(N)C3)nc(N)n2)CC1. The van der Waals surface area contributed by atoms with Crippen molar-refractivity contribution in [2.75, 3.05) is 43.9 Å². The van der Waals surface area contributed by atoms with Gasteiger partial charge in [0.25, 0.3) is 0 Å². The van der Waals surface area contributed by atoms with Crippen LogP contribution in [0, 0.1) is 0 Å². The van der Waals surface area contributed by atoms with Crippen LogP contribution >= 0.6 is 0 Å². The zero-order chi connectivity index (χ0) is 18.8. The molecule has 2 aliphatic rings. The van der Waals surface area contributed by atoms with Crippen LogP contribution in [-0.4, -0.2) is 54.2 Å². The lowest BCUT2D eigenvalue weighted by Crippen LogP contribution is -2.46. The molecule has 2 aromatic rings. The predicted octanol–water partition coefficient (Wildman–Crippen LogP) is 1.59. The Hall–Kier alpha value is -2.38. The number of nitrogens with zero attached hydrogens (tertiary/aromatic N) is 4. The van der Waals surface area contributed by atoms with Crippen LogP contribution in [-0.2, 0) is 6.54 Å². The minimum Gasteiger partial charge on any atom is -0.496 e. The number of methoxy groups -OCH3 is 1. The molecule has 0 radical (unpaired) electrons. The van der Waals surface area contributed by atoms with Gasteiger partial charge >= 0.3 is 0 Å². The Morgan fingerprint density at radius 1 is 1.11 bits per heavy atom. The molecule has 7 nitrogen and oxygen atoms in total. The highest BCUT2D eigenvalue weighted by Crippen LogP contribution is 2.36. The van der Waals surface area contributed by atoms with Crippen LogP contribution in [0.2, 0.25) is 0 Å². The molecule has 0 bridgehead atoms. The van der Waals surface area contributed by atoms with Gasteiger partial charge in [-0.15, -0.1) is 0 Å². The number of hydrogen-bond donors (Lipinski definition) is 2. The fraction of sp³-hybridized carbons (Fsp3) is 0.500. The van der Waals surface area contributed by atoms with Gasteiger partial charge in [0.05, 0.1) is 12.8 Å². The van der Waals surface area contributed by atoms with Gasteiger partial charge in [-0.25, -0.2) is 4.98 Å². The molecule has 1 aliphatic heterocycles. The van der Waals surface area contributed by atoms with Gasteiger partial charge in [-0.3, -0.25) is 4.90 Å². The maximum atomic E-state index is 5.97. The van der Waals surface area contributed by atoms with Crippen molar-refractivity contribution in [3.63, 3.8) is 0 Å². The number of anilines is 2. The Morgan fingerprint density at radius 3 is 2.56 bits per heavy atom. The minimum atomic E-state index is 0.299. The lowest BCUT2D eigenvalue weighted by molar-refractivity contribution is 0.245. The molecule has 1 saturated heterocycles. The van der Waals surface area contributed by atoms with Gasteiger partial charge in [-0.1, -0.05) is 18.2 Å². The third kappa shape index (κ3) is 3.99. The Labute approximate surface area is 160 Å². The Kier molecular flexibility index (Phi) is 5.13. The van der Waals surface area contributed by atoms with Crippen molar-refractivity contribution in [3.05, 3.63) is 41.6 Å². The maximum absolute atomic E-state index is 5.97. The number of benzene rings is 1. The summed E-state index contributed by atoms with van der Waals surface area (Å²) in [7, 11) is 1.73. The van der Waals surface area contributed by atoms with Crippen LogP contribution < -0.4 is 21.1 Å². The number of hydrogen-bond acceptors (Lipinski definition) is 7. The van der Waals surface area contributed by atoms with E-state index in [-0.39, 0.29) is 0 Å². The monoisotopic (exact) mass is 368 g/mol. The van der Waals surface area contributed by atoms with Crippen molar-refractivity contribution in [2.45, 2.75) is 31.3 Å². The number of rotatable bonds is 5. The first-order chi connectivity index (χ1) is 13.1. The lowest BCUT2D eigenvalue weighted by atomic mass is 9.78. The van der Waals surface area contributed by atoms with Crippen LogP contribution in [0.3, 0.4) is 0 Å². The average molecular weight is 368 g/mol. The van der Waals surface area contributed by atoms with Gasteiger partial charge in [0.2, 0.25) is 5.95 Å². The van der Waals surface area contributed by atoms with Crippen LogP contribution in [0.1, 0.15) is 30.0 Å². The van der Waals surface area contributed by atoms with Gasteiger partial charge in [0.1, 0.15) is 11.6 Å². The summed E-state index contributed by atoms with van der Waals surface area (Å²) in [6.45, 7) is 4.70. The molecule has 7 heteroatoms. The van der Waals surface area contributed by atoms with Crippen molar-refractivity contribution in [2.24, 2.45) is 5.73 Å². The normalized spacial score (nSPS) is 23.1. The number of ether oxygens (including phenoxy) is 1. The predicted molar refractivity (Wildman–Crippen MR) is 107 cm³/mol. The van der Waals surface area contributed by atoms with Gasteiger partial charge in [0, 0.05) is 56.3 Å². The summed E-state index contributed by atoms with van der Waals surface area (Å²) in [6.07, 6.45) is 1.98. The highest BCUT2D eigenvalue weighted by atomic mass is 16.5. The molecule has 2 heterocycles. The molecule has 4 N–H and O–H groups in total. The van der Waals surface area contributed by atoms with E-state index >= 15 is 0 Å². The minimum absolute atomic E-state index is 0.299. The first kappa shape index (κ1) is 18.0.